The van der Waals surface area contributed by atoms with Crippen LogP contribution in [0.4, 0.5) is 22.9 Å². The quantitative estimate of drug-likeness (QED) is 0.588. The van der Waals surface area contributed by atoms with Crippen molar-refractivity contribution in [2.75, 3.05) is 5.32 Å². The Morgan fingerprint density at radius 3 is 2.80 bits per heavy atom. The molecule has 0 saturated carbocycles. The van der Waals surface area contributed by atoms with E-state index in [2.05, 4.69) is 24.0 Å². The maximum absolute atomic E-state index is 11.6. The van der Waals surface area contributed by atoms with Gasteiger partial charge in [0.15, 0.2) is 5.82 Å². The summed E-state index contributed by atoms with van der Waals surface area (Å²) in [7, 11) is 0. The summed E-state index contributed by atoms with van der Waals surface area (Å²) >= 11 is 15.2. The van der Waals surface area contributed by atoms with Gasteiger partial charge in [-0.1, -0.05) is 23.2 Å². The van der Waals surface area contributed by atoms with Crippen molar-refractivity contribution in [1.82, 2.24) is 9.97 Å². The fourth-order valence-electron chi connectivity index (χ4n) is 1.58. The molecule has 0 amide bonds. The first-order valence-electron chi connectivity index (χ1n) is 5.18. The molecule has 1 aliphatic heterocycles. The molecule has 3 rings (SSSR count). The minimum absolute atomic E-state index is 0.235. The lowest BCUT2D eigenvalue weighted by Crippen LogP contribution is -2.13. The lowest BCUT2D eigenvalue weighted by molar-refractivity contribution is 1.10. The van der Waals surface area contributed by atoms with Crippen molar-refractivity contribution < 1.29 is 0 Å². The molecule has 1 aromatic heterocycles. The average Bonchev–Trinajstić information content (AvgIpc) is 2.89. The van der Waals surface area contributed by atoms with Crippen LogP contribution in [-0.2, 0) is 11.4 Å². The van der Waals surface area contributed by atoms with E-state index < -0.39 is 0 Å². The van der Waals surface area contributed by atoms with Crippen molar-refractivity contribution in [1.29, 1.82) is 0 Å². The monoisotopic (exact) mass is 439 g/mol. The Morgan fingerprint density at radius 2 is 2.00 bits per heavy atom. The standard InChI is InChI=1S/C10H4Cl2IN5OS/c11-3-1-4(12)7-8(18-20-17-7)6(3)16-9-5(13)10(19)15-2-14-9/h1-2H,(H2,14,15,16,19). The first kappa shape index (κ1) is 14.0. The van der Waals surface area contributed by atoms with Crippen molar-refractivity contribution in [2.24, 2.45) is 8.73 Å². The lowest BCUT2D eigenvalue weighted by atomic mass is 10.2. The van der Waals surface area contributed by atoms with Crippen LogP contribution in [-0.4, -0.2) is 9.97 Å². The van der Waals surface area contributed by atoms with Gasteiger partial charge in [-0.15, -0.1) is 0 Å². The summed E-state index contributed by atoms with van der Waals surface area (Å²) in [6.45, 7) is 0. The molecule has 10 heteroatoms. The van der Waals surface area contributed by atoms with Gasteiger partial charge >= 0.3 is 0 Å². The first-order chi connectivity index (χ1) is 9.58. The number of fused-ring (bicyclic) bond motifs is 1. The molecule has 0 fully saturated rings. The molecule has 1 aliphatic rings. The number of aromatic amines is 1. The van der Waals surface area contributed by atoms with Crippen LogP contribution in [0.5, 0.6) is 0 Å². The minimum Gasteiger partial charge on any atom is -0.336 e. The molecule has 0 spiro atoms. The van der Waals surface area contributed by atoms with Gasteiger partial charge in [0.2, 0.25) is 0 Å². The average molecular weight is 440 g/mol. The topological polar surface area (TPSA) is 82.5 Å². The smallest absolute Gasteiger partial charge is 0.266 e. The molecule has 0 radical (unpaired) electrons. The normalized spacial score (nSPS) is 12.2. The minimum atomic E-state index is -0.235. The highest BCUT2D eigenvalue weighted by Crippen LogP contribution is 2.48. The van der Waals surface area contributed by atoms with Crippen LogP contribution in [0.25, 0.3) is 0 Å². The van der Waals surface area contributed by atoms with Crippen molar-refractivity contribution in [3.05, 3.63) is 36.4 Å². The summed E-state index contributed by atoms with van der Waals surface area (Å²) in [5.41, 5.74) is 1.39. The highest BCUT2D eigenvalue weighted by Gasteiger charge is 2.20. The third-order valence-electron chi connectivity index (χ3n) is 2.48. The van der Waals surface area contributed by atoms with Crippen molar-refractivity contribution in [2.45, 2.75) is 0 Å². The van der Waals surface area contributed by atoms with Crippen molar-refractivity contribution in [3.8, 4) is 0 Å². The number of halogens is 3. The Kier molecular flexibility index (Phi) is 3.80. The maximum atomic E-state index is 11.6. The highest BCUT2D eigenvalue weighted by molar-refractivity contribution is 14.1. The number of benzene rings is 1. The van der Waals surface area contributed by atoms with E-state index in [0.29, 0.717) is 36.5 Å². The third kappa shape index (κ3) is 2.36. The van der Waals surface area contributed by atoms with Crippen LogP contribution in [0.1, 0.15) is 0 Å². The predicted octanol–water partition coefficient (Wildman–Crippen LogP) is 4.15. The Bertz CT molecular complexity index is 846. The number of H-pyrrole nitrogens is 1. The zero-order valence-electron chi connectivity index (χ0n) is 9.45. The number of hydrogen-bond acceptors (Lipinski definition) is 5. The largest absolute Gasteiger partial charge is 0.336 e. The summed E-state index contributed by atoms with van der Waals surface area (Å²) in [5, 5.41) is 3.82. The molecular formula is C10H4Cl2IN5OS. The molecule has 6 nitrogen and oxygen atoms in total. The molecule has 0 aliphatic carbocycles. The fourth-order valence-corrected chi connectivity index (χ4v) is 3.17. The van der Waals surface area contributed by atoms with Crippen LogP contribution in [0, 0.1) is 3.57 Å². The molecule has 1 aromatic carbocycles. The Hall–Kier alpha value is -0.970. The molecule has 2 aromatic rings. The molecular weight excluding hydrogens is 436 g/mol. The van der Waals surface area contributed by atoms with Gasteiger partial charge in [0.05, 0.1) is 33.4 Å². The van der Waals surface area contributed by atoms with Crippen LogP contribution in [0.2, 0.25) is 10.0 Å². The number of anilines is 2. The summed E-state index contributed by atoms with van der Waals surface area (Å²) in [6.07, 6.45) is 1.31. The van der Waals surface area contributed by atoms with Crippen LogP contribution >= 0.6 is 45.8 Å². The van der Waals surface area contributed by atoms with Crippen molar-refractivity contribution in [3.63, 3.8) is 0 Å². The number of aromatic nitrogens is 2. The van der Waals surface area contributed by atoms with Gasteiger partial charge in [-0.25, -0.2) is 4.98 Å². The van der Waals surface area contributed by atoms with Gasteiger partial charge in [0, 0.05) is 0 Å². The number of rotatable bonds is 2. The summed E-state index contributed by atoms with van der Waals surface area (Å²) in [5.74, 6) is 0.396. The van der Waals surface area contributed by atoms with Crippen LogP contribution < -0.4 is 10.9 Å². The van der Waals surface area contributed by atoms with Crippen molar-refractivity contribution >= 4 is 80.0 Å². The van der Waals surface area contributed by atoms with Crippen LogP contribution in [0.15, 0.2) is 25.9 Å². The molecule has 2 N–H and O–H groups in total. The number of hydrogen-bond donors (Lipinski definition) is 2. The maximum Gasteiger partial charge on any atom is 0.266 e. The Labute approximate surface area is 139 Å². The van der Waals surface area contributed by atoms with E-state index in [9.17, 15) is 4.79 Å². The number of nitrogens with zero attached hydrogens (tertiary/aromatic N) is 3. The highest BCUT2D eigenvalue weighted by atomic mass is 127. The zero-order valence-corrected chi connectivity index (χ0v) is 13.9. The van der Waals surface area contributed by atoms with Gasteiger partial charge < -0.3 is 10.3 Å². The first-order valence-corrected chi connectivity index (χ1v) is 7.75. The zero-order chi connectivity index (χ0) is 14.3. The molecule has 2 heterocycles. The van der Waals surface area contributed by atoms with Gasteiger partial charge in [0.1, 0.15) is 14.9 Å². The van der Waals surface area contributed by atoms with E-state index in [1.807, 2.05) is 22.6 Å². The molecule has 0 atom stereocenters. The fraction of sp³-hybridized carbons (Fsp3) is 0. The molecule has 0 unspecified atom stereocenters. The molecule has 102 valence electrons. The number of nitrogens with one attached hydrogen (secondary N) is 2. The van der Waals surface area contributed by atoms with Crippen LogP contribution in [0.3, 0.4) is 0 Å². The predicted molar refractivity (Wildman–Crippen MR) is 88.9 cm³/mol. The Balaban J connectivity index is 2.13. The lowest BCUT2D eigenvalue weighted by Gasteiger charge is -2.11. The van der Waals surface area contributed by atoms with Gasteiger partial charge in [-0.2, -0.15) is 8.73 Å². The molecule has 0 saturated heterocycles. The Morgan fingerprint density at radius 1 is 1.25 bits per heavy atom. The summed E-state index contributed by atoms with van der Waals surface area (Å²) in [6, 6.07) is 1.58. The summed E-state index contributed by atoms with van der Waals surface area (Å²) in [4.78, 5) is 18.1. The van der Waals surface area contributed by atoms with E-state index in [1.165, 1.54) is 6.33 Å². The van der Waals surface area contributed by atoms with E-state index in [4.69, 9.17) is 23.2 Å². The van der Waals surface area contributed by atoms with Gasteiger partial charge in [-0.05, 0) is 28.7 Å². The van der Waals surface area contributed by atoms with E-state index in [-0.39, 0.29) is 5.56 Å². The summed E-state index contributed by atoms with van der Waals surface area (Å²) < 4.78 is 8.71. The second-order valence-corrected chi connectivity index (χ2v) is 6.12. The van der Waals surface area contributed by atoms with Gasteiger partial charge in [-0.3, -0.25) is 4.79 Å². The van der Waals surface area contributed by atoms with E-state index >= 15 is 0 Å². The molecule has 20 heavy (non-hydrogen) atoms. The SMILES string of the molecule is O=c1[nH]cnc(Nc2c(Cl)cc(Cl)c3c2N=S=N3)c1I. The second kappa shape index (κ2) is 5.43. The second-order valence-electron chi connectivity index (χ2n) is 3.70. The van der Waals surface area contributed by atoms with E-state index in [0.717, 1.165) is 11.4 Å². The molecule has 0 bridgehead atoms. The van der Waals surface area contributed by atoms with E-state index in [1.54, 1.807) is 6.07 Å². The van der Waals surface area contributed by atoms with Gasteiger partial charge in [0.25, 0.3) is 5.56 Å². The third-order valence-corrected chi connectivity index (χ3v) is 4.60.